The van der Waals surface area contributed by atoms with E-state index in [9.17, 15) is 4.79 Å². The van der Waals surface area contributed by atoms with E-state index in [0.29, 0.717) is 30.3 Å². The maximum atomic E-state index is 12.9. The Balaban J connectivity index is 1.63. The average Bonchev–Trinajstić information content (AvgIpc) is 3.11. The summed E-state index contributed by atoms with van der Waals surface area (Å²) in [4.78, 5) is 12.9. The molecule has 2 aromatic carbocycles. The Kier molecular flexibility index (Phi) is 5.39. The molecule has 2 N–H and O–H groups in total. The molecule has 0 atom stereocenters. The van der Waals surface area contributed by atoms with Gasteiger partial charge in [0.05, 0.1) is 19.2 Å². The summed E-state index contributed by atoms with van der Waals surface area (Å²) in [7, 11) is 1.63. The van der Waals surface area contributed by atoms with E-state index in [1.54, 1.807) is 7.11 Å². The number of rotatable bonds is 7. The lowest BCUT2D eigenvalue weighted by Crippen LogP contribution is -2.48. The van der Waals surface area contributed by atoms with Crippen LogP contribution in [0, 0.1) is 5.92 Å². The minimum atomic E-state index is -0.0935. The summed E-state index contributed by atoms with van der Waals surface area (Å²) < 4.78 is 7.16. The first kappa shape index (κ1) is 18.3. The summed E-state index contributed by atoms with van der Waals surface area (Å²) in [6.45, 7) is 3.19. The van der Waals surface area contributed by atoms with E-state index >= 15 is 0 Å². The average molecular weight is 376 g/mol. The minimum Gasteiger partial charge on any atom is -0.497 e. The number of hydrogen-bond acceptors (Lipinski definition) is 4. The fraction of sp³-hybridized carbons (Fsp3) is 0.273. The van der Waals surface area contributed by atoms with Crippen LogP contribution in [0.5, 0.6) is 5.75 Å². The molecule has 0 aliphatic carbocycles. The molecule has 1 aliphatic heterocycles. The zero-order chi connectivity index (χ0) is 19.3. The fourth-order valence-electron chi connectivity index (χ4n) is 3.25. The van der Waals surface area contributed by atoms with Crippen LogP contribution in [0.2, 0.25) is 0 Å². The molecule has 0 saturated carbocycles. The third-order valence-electron chi connectivity index (χ3n) is 4.95. The van der Waals surface area contributed by atoms with Gasteiger partial charge in [0.1, 0.15) is 11.4 Å². The van der Waals surface area contributed by atoms with E-state index in [-0.39, 0.29) is 5.91 Å². The Bertz CT molecular complexity index is 948. The molecule has 2 heterocycles. The van der Waals surface area contributed by atoms with Crippen LogP contribution in [0.3, 0.4) is 0 Å². The molecule has 1 fully saturated rings. The van der Waals surface area contributed by atoms with E-state index in [0.717, 1.165) is 30.0 Å². The molecule has 1 amide bonds. The highest BCUT2D eigenvalue weighted by Crippen LogP contribution is 2.26. The molecule has 1 aliphatic rings. The van der Waals surface area contributed by atoms with Crippen LogP contribution in [0.25, 0.3) is 11.3 Å². The standard InChI is InChI=1S/C22H24N4O2/c1-28-19-9-5-8-18(10-19)21-20(22(27)24-13-17-11-23-12-17)15-26(25-21)14-16-6-3-2-4-7-16/h2-10,15,17,23H,11-14H2,1H3,(H,24,27). The van der Waals surface area contributed by atoms with E-state index in [1.165, 1.54) is 0 Å². The van der Waals surface area contributed by atoms with Crippen molar-refractivity contribution in [3.05, 3.63) is 71.9 Å². The van der Waals surface area contributed by atoms with Crippen LogP contribution in [0.4, 0.5) is 0 Å². The molecule has 1 saturated heterocycles. The second kappa shape index (κ2) is 8.27. The van der Waals surface area contributed by atoms with Crippen molar-refractivity contribution in [2.75, 3.05) is 26.7 Å². The lowest BCUT2D eigenvalue weighted by Gasteiger charge is -2.27. The molecule has 6 nitrogen and oxygen atoms in total. The molecule has 0 bridgehead atoms. The largest absolute Gasteiger partial charge is 0.497 e. The Morgan fingerprint density at radius 2 is 2.04 bits per heavy atom. The van der Waals surface area contributed by atoms with Crippen molar-refractivity contribution in [2.24, 2.45) is 5.92 Å². The van der Waals surface area contributed by atoms with Crippen molar-refractivity contribution < 1.29 is 9.53 Å². The van der Waals surface area contributed by atoms with Gasteiger partial charge in [0.25, 0.3) is 5.91 Å². The smallest absolute Gasteiger partial charge is 0.255 e. The first-order valence-electron chi connectivity index (χ1n) is 9.47. The predicted octanol–water partition coefficient (Wildman–Crippen LogP) is 2.56. The highest BCUT2D eigenvalue weighted by Gasteiger charge is 2.21. The van der Waals surface area contributed by atoms with Gasteiger partial charge in [-0.1, -0.05) is 42.5 Å². The van der Waals surface area contributed by atoms with Gasteiger partial charge >= 0.3 is 0 Å². The van der Waals surface area contributed by atoms with Gasteiger partial charge in [-0.25, -0.2) is 0 Å². The summed E-state index contributed by atoms with van der Waals surface area (Å²) >= 11 is 0. The van der Waals surface area contributed by atoms with Crippen molar-refractivity contribution >= 4 is 5.91 Å². The maximum absolute atomic E-state index is 12.9. The van der Waals surface area contributed by atoms with Crippen LogP contribution < -0.4 is 15.4 Å². The van der Waals surface area contributed by atoms with E-state index in [4.69, 9.17) is 9.84 Å². The zero-order valence-corrected chi connectivity index (χ0v) is 15.9. The normalized spacial score (nSPS) is 13.8. The predicted molar refractivity (Wildman–Crippen MR) is 108 cm³/mol. The topological polar surface area (TPSA) is 68.2 Å². The van der Waals surface area contributed by atoms with Gasteiger partial charge in [-0.3, -0.25) is 9.48 Å². The minimum absolute atomic E-state index is 0.0935. The number of methoxy groups -OCH3 is 1. The van der Waals surface area contributed by atoms with Gasteiger partial charge < -0.3 is 15.4 Å². The number of carbonyl (C=O) groups is 1. The second-order valence-electron chi connectivity index (χ2n) is 7.04. The van der Waals surface area contributed by atoms with E-state index in [2.05, 4.69) is 22.8 Å². The van der Waals surface area contributed by atoms with Crippen molar-refractivity contribution in [1.29, 1.82) is 0 Å². The van der Waals surface area contributed by atoms with Crippen molar-refractivity contribution in [3.8, 4) is 17.0 Å². The molecule has 1 aromatic heterocycles. The number of benzene rings is 2. The van der Waals surface area contributed by atoms with Gasteiger partial charge in [-0.15, -0.1) is 0 Å². The number of nitrogens with zero attached hydrogens (tertiary/aromatic N) is 2. The van der Waals surface area contributed by atoms with Crippen LogP contribution in [0.1, 0.15) is 15.9 Å². The van der Waals surface area contributed by atoms with Crippen LogP contribution >= 0.6 is 0 Å². The highest BCUT2D eigenvalue weighted by molar-refractivity contribution is 5.99. The number of hydrogen-bond donors (Lipinski definition) is 2. The maximum Gasteiger partial charge on any atom is 0.255 e. The van der Waals surface area contributed by atoms with Crippen LogP contribution in [-0.2, 0) is 6.54 Å². The highest BCUT2D eigenvalue weighted by atomic mass is 16.5. The SMILES string of the molecule is COc1cccc(-c2nn(Cc3ccccc3)cc2C(=O)NCC2CNC2)c1. The number of carbonyl (C=O) groups excluding carboxylic acids is 1. The lowest BCUT2D eigenvalue weighted by atomic mass is 10.0. The van der Waals surface area contributed by atoms with E-state index < -0.39 is 0 Å². The van der Waals surface area contributed by atoms with Gasteiger partial charge in [-0.2, -0.15) is 5.10 Å². The quantitative estimate of drug-likeness (QED) is 0.665. The van der Waals surface area contributed by atoms with Crippen LogP contribution in [0.15, 0.2) is 60.8 Å². The Hall–Kier alpha value is -3.12. The van der Waals surface area contributed by atoms with Gasteiger partial charge in [0.2, 0.25) is 0 Å². The summed E-state index contributed by atoms with van der Waals surface area (Å²) in [5.74, 6) is 1.15. The summed E-state index contributed by atoms with van der Waals surface area (Å²) in [5, 5.41) is 11.0. The molecule has 28 heavy (non-hydrogen) atoms. The Morgan fingerprint density at radius 3 is 2.75 bits per heavy atom. The third-order valence-corrected chi connectivity index (χ3v) is 4.95. The van der Waals surface area contributed by atoms with Crippen molar-refractivity contribution in [2.45, 2.75) is 6.54 Å². The van der Waals surface area contributed by atoms with Gasteiger partial charge in [-0.05, 0) is 17.7 Å². The number of aromatic nitrogens is 2. The first-order valence-corrected chi connectivity index (χ1v) is 9.47. The number of amides is 1. The molecule has 144 valence electrons. The van der Waals surface area contributed by atoms with Gasteiger partial charge in [0, 0.05) is 37.3 Å². The van der Waals surface area contributed by atoms with Crippen LogP contribution in [-0.4, -0.2) is 42.4 Å². The Labute approximate surface area is 164 Å². The molecule has 0 radical (unpaired) electrons. The first-order chi connectivity index (χ1) is 13.7. The van der Waals surface area contributed by atoms with E-state index in [1.807, 2.05) is 53.3 Å². The fourth-order valence-corrected chi connectivity index (χ4v) is 3.25. The lowest BCUT2D eigenvalue weighted by molar-refractivity contribution is 0.0942. The Morgan fingerprint density at radius 1 is 1.21 bits per heavy atom. The van der Waals surface area contributed by atoms with Crippen molar-refractivity contribution in [1.82, 2.24) is 20.4 Å². The molecular formula is C22H24N4O2. The van der Waals surface area contributed by atoms with Gasteiger partial charge in [0.15, 0.2) is 0 Å². The summed E-state index contributed by atoms with van der Waals surface area (Å²) in [6.07, 6.45) is 1.83. The molecule has 3 aromatic rings. The molecule has 0 spiro atoms. The molecule has 4 rings (SSSR count). The summed E-state index contributed by atoms with van der Waals surface area (Å²) in [6, 6.07) is 17.7. The zero-order valence-electron chi connectivity index (χ0n) is 15.9. The van der Waals surface area contributed by atoms with Crippen molar-refractivity contribution in [3.63, 3.8) is 0 Å². The third kappa shape index (κ3) is 4.07. The summed E-state index contributed by atoms with van der Waals surface area (Å²) in [5.41, 5.74) is 3.24. The monoisotopic (exact) mass is 376 g/mol. The number of nitrogens with one attached hydrogen (secondary N) is 2. The molecular weight excluding hydrogens is 352 g/mol. The molecule has 0 unspecified atom stereocenters. The number of ether oxygens (including phenoxy) is 1. The molecule has 6 heteroatoms. The second-order valence-corrected chi connectivity index (χ2v) is 7.04.